The molecule has 2 aromatic rings. The first-order valence-corrected chi connectivity index (χ1v) is 7.61. The predicted octanol–water partition coefficient (Wildman–Crippen LogP) is 3.33. The number of benzene rings is 1. The molecule has 0 unspecified atom stereocenters. The second kappa shape index (κ2) is 7.87. The smallest absolute Gasteiger partial charge is 0.257 e. The fourth-order valence-corrected chi connectivity index (χ4v) is 2.15. The van der Waals surface area contributed by atoms with Crippen LogP contribution in [0.5, 0.6) is 0 Å². The first-order chi connectivity index (χ1) is 11.0. The molecule has 5 nitrogen and oxygen atoms in total. The van der Waals surface area contributed by atoms with Crippen LogP contribution in [0.25, 0.3) is 11.3 Å². The SMILES string of the molecule is Cc1onc(-c2cccc(F)c2)c1C(=O)NCCCOC(C)C. The maximum absolute atomic E-state index is 13.4. The lowest BCUT2D eigenvalue weighted by molar-refractivity contribution is 0.0757. The van der Waals surface area contributed by atoms with Crippen molar-refractivity contribution in [1.82, 2.24) is 10.5 Å². The molecule has 0 aliphatic rings. The van der Waals surface area contributed by atoms with Gasteiger partial charge < -0.3 is 14.6 Å². The molecule has 0 saturated carbocycles. The zero-order valence-electron chi connectivity index (χ0n) is 13.6. The quantitative estimate of drug-likeness (QED) is 0.795. The summed E-state index contributed by atoms with van der Waals surface area (Å²) in [6.45, 7) is 6.65. The van der Waals surface area contributed by atoms with Crippen LogP contribution in [0.2, 0.25) is 0 Å². The summed E-state index contributed by atoms with van der Waals surface area (Å²) >= 11 is 0. The van der Waals surface area contributed by atoms with Crippen molar-refractivity contribution < 1.29 is 18.4 Å². The normalized spacial score (nSPS) is 11.0. The summed E-state index contributed by atoms with van der Waals surface area (Å²) in [6, 6.07) is 5.92. The lowest BCUT2D eigenvalue weighted by atomic mass is 10.1. The van der Waals surface area contributed by atoms with E-state index in [9.17, 15) is 9.18 Å². The van der Waals surface area contributed by atoms with Gasteiger partial charge in [-0.25, -0.2) is 4.39 Å². The second-order valence-electron chi connectivity index (χ2n) is 5.50. The van der Waals surface area contributed by atoms with E-state index in [1.165, 1.54) is 12.1 Å². The molecule has 0 saturated heterocycles. The molecule has 0 spiro atoms. The number of carbonyl (C=O) groups is 1. The Bertz CT molecular complexity index is 668. The number of hydrogen-bond donors (Lipinski definition) is 1. The Balaban J connectivity index is 2.05. The number of rotatable bonds is 7. The van der Waals surface area contributed by atoms with E-state index in [1.54, 1.807) is 19.1 Å². The van der Waals surface area contributed by atoms with E-state index in [-0.39, 0.29) is 17.8 Å². The minimum atomic E-state index is -0.389. The van der Waals surface area contributed by atoms with Crippen molar-refractivity contribution in [1.29, 1.82) is 0 Å². The summed E-state index contributed by atoms with van der Waals surface area (Å²) in [5.74, 6) is -0.270. The van der Waals surface area contributed by atoms with Gasteiger partial charge in [-0.05, 0) is 39.3 Å². The molecule has 1 heterocycles. The van der Waals surface area contributed by atoms with Crippen LogP contribution in [-0.2, 0) is 4.74 Å². The monoisotopic (exact) mass is 320 g/mol. The Hall–Kier alpha value is -2.21. The van der Waals surface area contributed by atoms with E-state index >= 15 is 0 Å². The third-order valence-electron chi connectivity index (χ3n) is 3.25. The zero-order chi connectivity index (χ0) is 16.8. The lowest BCUT2D eigenvalue weighted by Gasteiger charge is -2.08. The number of ether oxygens (including phenoxy) is 1. The van der Waals surface area contributed by atoms with Gasteiger partial charge in [0.15, 0.2) is 0 Å². The second-order valence-corrected chi connectivity index (χ2v) is 5.50. The maximum atomic E-state index is 13.4. The average molecular weight is 320 g/mol. The van der Waals surface area contributed by atoms with Gasteiger partial charge in [0.2, 0.25) is 0 Å². The fraction of sp³-hybridized carbons (Fsp3) is 0.412. The minimum absolute atomic E-state index is 0.172. The molecule has 1 aromatic heterocycles. The lowest BCUT2D eigenvalue weighted by Crippen LogP contribution is -2.26. The van der Waals surface area contributed by atoms with E-state index in [2.05, 4.69) is 10.5 Å². The summed E-state index contributed by atoms with van der Waals surface area (Å²) in [5.41, 5.74) is 1.19. The van der Waals surface area contributed by atoms with Crippen molar-refractivity contribution >= 4 is 5.91 Å². The highest BCUT2D eigenvalue weighted by Crippen LogP contribution is 2.25. The Kier molecular flexibility index (Phi) is 5.87. The van der Waals surface area contributed by atoms with Gasteiger partial charge in [-0.2, -0.15) is 0 Å². The highest BCUT2D eigenvalue weighted by atomic mass is 19.1. The van der Waals surface area contributed by atoms with E-state index in [1.807, 2.05) is 13.8 Å². The summed E-state index contributed by atoms with van der Waals surface area (Å²) < 4.78 is 23.9. The molecule has 0 fully saturated rings. The van der Waals surface area contributed by atoms with Crippen LogP contribution in [0.4, 0.5) is 4.39 Å². The van der Waals surface area contributed by atoms with Crippen LogP contribution in [0.1, 0.15) is 36.4 Å². The summed E-state index contributed by atoms with van der Waals surface area (Å²) in [5, 5.41) is 6.70. The van der Waals surface area contributed by atoms with Crippen molar-refractivity contribution in [3.63, 3.8) is 0 Å². The summed E-state index contributed by atoms with van der Waals surface area (Å²) in [4.78, 5) is 12.4. The van der Waals surface area contributed by atoms with Gasteiger partial charge in [0, 0.05) is 18.7 Å². The van der Waals surface area contributed by atoms with E-state index in [0.29, 0.717) is 42.2 Å². The molecular formula is C17H21FN2O3. The standard InChI is InChI=1S/C17H21FN2O3/c1-11(2)22-9-5-8-19-17(21)15-12(3)23-20-16(15)13-6-4-7-14(18)10-13/h4,6-7,10-11H,5,8-9H2,1-3H3,(H,19,21). The highest BCUT2D eigenvalue weighted by molar-refractivity contribution is 6.00. The Morgan fingerprint density at radius 1 is 1.43 bits per heavy atom. The van der Waals surface area contributed by atoms with Crippen molar-refractivity contribution in [3.05, 3.63) is 41.4 Å². The van der Waals surface area contributed by atoms with Crippen molar-refractivity contribution in [2.24, 2.45) is 0 Å². The first-order valence-electron chi connectivity index (χ1n) is 7.61. The molecule has 1 aromatic carbocycles. The maximum Gasteiger partial charge on any atom is 0.257 e. The van der Waals surface area contributed by atoms with Gasteiger partial charge in [-0.15, -0.1) is 0 Å². The Morgan fingerprint density at radius 2 is 2.22 bits per heavy atom. The Labute approximate surface area is 134 Å². The van der Waals surface area contributed by atoms with Gasteiger partial charge in [-0.3, -0.25) is 4.79 Å². The Morgan fingerprint density at radius 3 is 2.91 bits per heavy atom. The molecule has 0 aliphatic carbocycles. The molecule has 0 radical (unpaired) electrons. The van der Waals surface area contributed by atoms with Crippen molar-refractivity contribution in [3.8, 4) is 11.3 Å². The third-order valence-corrected chi connectivity index (χ3v) is 3.25. The molecule has 6 heteroatoms. The molecule has 0 atom stereocenters. The van der Waals surface area contributed by atoms with E-state index in [0.717, 1.165) is 0 Å². The molecule has 1 amide bonds. The van der Waals surface area contributed by atoms with Gasteiger partial charge in [0.25, 0.3) is 5.91 Å². The number of amides is 1. The fourth-order valence-electron chi connectivity index (χ4n) is 2.15. The molecule has 1 N–H and O–H groups in total. The zero-order valence-corrected chi connectivity index (χ0v) is 13.6. The van der Waals surface area contributed by atoms with Gasteiger partial charge in [0.05, 0.1) is 6.10 Å². The van der Waals surface area contributed by atoms with Gasteiger partial charge >= 0.3 is 0 Å². The molecule has 2 rings (SSSR count). The van der Waals surface area contributed by atoms with Crippen LogP contribution in [-0.4, -0.2) is 30.3 Å². The topological polar surface area (TPSA) is 64.4 Å². The van der Waals surface area contributed by atoms with Crippen molar-refractivity contribution in [2.45, 2.75) is 33.3 Å². The van der Waals surface area contributed by atoms with Gasteiger partial charge in [0.1, 0.15) is 22.8 Å². The molecule has 0 bridgehead atoms. The van der Waals surface area contributed by atoms with Crippen LogP contribution in [0.3, 0.4) is 0 Å². The number of hydrogen-bond acceptors (Lipinski definition) is 4. The summed E-state index contributed by atoms with van der Waals surface area (Å²) in [6.07, 6.45) is 0.884. The van der Waals surface area contributed by atoms with Gasteiger partial charge in [-0.1, -0.05) is 17.3 Å². The summed E-state index contributed by atoms with van der Waals surface area (Å²) in [7, 11) is 0. The number of aryl methyl sites for hydroxylation is 1. The number of nitrogens with zero attached hydrogens (tertiary/aromatic N) is 1. The number of nitrogens with one attached hydrogen (secondary N) is 1. The first kappa shape index (κ1) is 17.1. The molecule has 0 aliphatic heterocycles. The van der Waals surface area contributed by atoms with Crippen LogP contribution in [0.15, 0.2) is 28.8 Å². The van der Waals surface area contributed by atoms with Crippen LogP contribution >= 0.6 is 0 Å². The largest absolute Gasteiger partial charge is 0.379 e. The highest BCUT2D eigenvalue weighted by Gasteiger charge is 2.21. The van der Waals surface area contributed by atoms with Crippen LogP contribution in [0, 0.1) is 12.7 Å². The number of carbonyl (C=O) groups excluding carboxylic acids is 1. The third kappa shape index (κ3) is 4.63. The molecular weight excluding hydrogens is 299 g/mol. The predicted molar refractivity (Wildman–Crippen MR) is 84.7 cm³/mol. The number of halogens is 1. The number of aromatic nitrogens is 1. The van der Waals surface area contributed by atoms with E-state index < -0.39 is 0 Å². The van der Waals surface area contributed by atoms with E-state index in [4.69, 9.17) is 9.26 Å². The molecule has 23 heavy (non-hydrogen) atoms. The minimum Gasteiger partial charge on any atom is -0.379 e. The van der Waals surface area contributed by atoms with Crippen molar-refractivity contribution in [2.75, 3.05) is 13.2 Å². The van der Waals surface area contributed by atoms with Crippen LogP contribution < -0.4 is 5.32 Å². The molecule has 124 valence electrons. The average Bonchev–Trinajstić information content (AvgIpc) is 2.88.